The maximum absolute atomic E-state index is 9.76. The van der Waals surface area contributed by atoms with E-state index in [0.29, 0.717) is 16.3 Å². The Morgan fingerprint density at radius 1 is 0.966 bits per heavy atom. The van der Waals surface area contributed by atoms with Crippen LogP contribution in [-0.4, -0.2) is 18.8 Å². The van der Waals surface area contributed by atoms with Crippen LogP contribution in [-0.2, 0) is 0 Å². The molecule has 29 heavy (non-hydrogen) atoms. The summed E-state index contributed by atoms with van der Waals surface area (Å²) >= 11 is 5.95. The van der Waals surface area contributed by atoms with Crippen molar-refractivity contribution in [3.63, 3.8) is 0 Å². The zero-order valence-electron chi connectivity index (χ0n) is 16.6. The Labute approximate surface area is 176 Å². The predicted molar refractivity (Wildman–Crippen MR) is 117 cm³/mol. The number of aliphatic imine (C=N–C) groups is 1. The molecular formula is C23H20ClN5. The number of aryl methyl sites for hydroxylation is 1. The van der Waals surface area contributed by atoms with Crippen LogP contribution in [0.4, 0.5) is 11.4 Å². The van der Waals surface area contributed by atoms with Gasteiger partial charge in [-0.25, -0.2) is 4.99 Å². The van der Waals surface area contributed by atoms with E-state index in [2.05, 4.69) is 23.7 Å². The number of benzene rings is 2. The molecule has 0 spiro atoms. The first kappa shape index (κ1) is 21.7. The number of hydrogen-bond donors (Lipinski definition) is 0. The maximum atomic E-state index is 9.76. The summed E-state index contributed by atoms with van der Waals surface area (Å²) in [4.78, 5) is 6.71. The van der Waals surface area contributed by atoms with E-state index in [4.69, 9.17) is 11.6 Å². The lowest BCUT2D eigenvalue weighted by atomic mass is 9.96. The van der Waals surface area contributed by atoms with Gasteiger partial charge in [0.05, 0.1) is 5.69 Å². The highest BCUT2D eigenvalue weighted by atomic mass is 35.5. The molecule has 0 heterocycles. The van der Waals surface area contributed by atoms with E-state index >= 15 is 0 Å². The molecule has 0 aliphatic rings. The molecule has 0 N–H and O–H groups in total. The Morgan fingerprint density at radius 3 is 2.07 bits per heavy atom. The van der Waals surface area contributed by atoms with Crippen molar-refractivity contribution in [2.75, 3.05) is 18.0 Å². The molecule has 0 aliphatic heterocycles. The zero-order chi connectivity index (χ0) is 21.4. The molecule has 0 amide bonds. The normalized spacial score (nSPS) is 10.4. The third-order valence-corrected chi connectivity index (χ3v) is 4.74. The summed E-state index contributed by atoms with van der Waals surface area (Å²) in [5.74, 6) is 0. The quantitative estimate of drug-likeness (QED) is 0.466. The first-order chi connectivity index (χ1) is 14.0. The number of nitriles is 3. The zero-order valence-corrected chi connectivity index (χ0v) is 17.3. The first-order valence-electron chi connectivity index (χ1n) is 9.14. The van der Waals surface area contributed by atoms with E-state index < -0.39 is 0 Å². The van der Waals surface area contributed by atoms with E-state index in [1.165, 1.54) is 0 Å². The second kappa shape index (κ2) is 10.1. The van der Waals surface area contributed by atoms with Crippen LogP contribution in [0.5, 0.6) is 0 Å². The van der Waals surface area contributed by atoms with E-state index in [1.54, 1.807) is 24.3 Å². The van der Waals surface area contributed by atoms with Crippen LogP contribution in [0.1, 0.15) is 25.0 Å². The Balaban J connectivity index is 2.63. The van der Waals surface area contributed by atoms with Crippen LogP contribution in [0.3, 0.4) is 0 Å². The smallest absolute Gasteiger partial charge is 0.151 e. The highest BCUT2D eigenvalue weighted by molar-refractivity contribution is 6.34. The van der Waals surface area contributed by atoms with Crippen molar-refractivity contribution < 1.29 is 0 Å². The molecular weight excluding hydrogens is 382 g/mol. The third-order valence-electron chi connectivity index (χ3n) is 4.49. The van der Waals surface area contributed by atoms with Gasteiger partial charge in [0.25, 0.3) is 0 Å². The molecule has 144 valence electrons. The fourth-order valence-corrected chi connectivity index (χ4v) is 3.09. The Bertz CT molecular complexity index is 1060. The van der Waals surface area contributed by atoms with Crippen LogP contribution in [0.15, 0.2) is 53.0 Å². The van der Waals surface area contributed by atoms with Crippen molar-refractivity contribution in [2.24, 2.45) is 4.99 Å². The van der Waals surface area contributed by atoms with Gasteiger partial charge in [-0.05, 0) is 62.2 Å². The van der Waals surface area contributed by atoms with Gasteiger partial charge in [-0.3, -0.25) is 0 Å². The summed E-state index contributed by atoms with van der Waals surface area (Å²) in [5, 5.41) is 29.1. The van der Waals surface area contributed by atoms with Crippen LogP contribution in [0.25, 0.3) is 5.57 Å². The Kier molecular flexibility index (Phi) is 7.55. The van der Waals surface area contributed by atoms with Gasteiger partial charge < -0.3 is 4.90 Å². The summed E-state index contributed by atoms with van der Waals surface area (Å²) in [5.41, 5.74) is 3.14. The summed E-state index contributed by atoms with van der Waals surface area (Å²) in [7, 11) is 0. The van der Waals surface area contributed by atoms with Crippen LogP contribution in [0.2, 0.25) is 5.02 Å². The monoisotopic (exact) mass is 401 g/mol. The molecule has 0 fully saturated rings. The third kappa shape index (κ3) is 5.02. The van der Waals surface area contributed by atoms with Gasteiger partial charge in [-0.1, -0.05) is 23.7 Å². The molecule has 0 bridgehead atoms. The van der Waals surface area contributed by atoms with Gasteiger partial charge in [0, 0.05) is 29.4 Å². The highest BCUT2D eigenvalue weighted by Gasteiger charge is 2.17. The van der Waals surface area contributed by atoms with Gasteiger partial charge in [0.15, 0.2) is 5.71 Å². The van der Waals surface area contributed by atoms with Gasteiger partial charge in [0.1, 0.15) is 23.8 Å². The van der Waals surface area contributed by atoms with Gasteiger partial charge in [-0.2, -0.15) is 15.8 Å². The number of halogens is 1. The molecule has 0 unspecified atom stereocenters. The van der Waals surface area contributed by atoms with E-state index in [0.717, 1.165) is 24.3 Å². The lowest BCUT2D eigenvalue weighted by molar-refractivity contribution is 0.865. The molecule has 0 aliphatic carbocycles. The van der Waals surface area contributed by atoms with E-state index in [9.17, 15) is 15.8 Å². The minimum atomic E-state index is -0.176. The number of hydrogen-bond acceptors (Lipinski definition) is 5. The molecule has 6 heteroatoms. The van der Waals surface area contributed by atoms with Gasteiger partial charge >= 0.3 is 0 Å². The number of allylic oxidation sites excluding steroid dienone is 2. The molecule has 0 atom stereocenters. The fraction of sp³-hybridized carbons (Fsp3) is 0.217. The largest absolute Gasteiger partial charge is 0.372 e. The van der Waals surface area contributed by atoms with Crippen molar-refractivity contribution in [3.05, 3.63) is 64.2 Å². The minimum Gasteiger partial charge on any atom is -0.372 e. The van der Waals surface area contributed by atoms with Crippen molar-refractivity contribution in [1.29, 1.82) is 15.8 Å². The standard InChI is InChI=1S/C23H20ClN5/c1-4-29(5-2)20-10-11-21(16(3)12-20)28-22(15-27)23(18(13-25)14-26)17-6-8-19(24)9-7-17/h6-12H,4-5H2,1-3H3/b28-22+. The van der Waals surface area contributed by atoms with Crippen LogP contribution in [0, 0.1) is 40.9 Å². The van der Waals surface area contributed by atoms with Gasteiger partial charge in [-0.15, -0.1) is 0 Å². The molecule has 2 aromatic rings. The lowest BCUT2D eigenvalue weighted by Gasteiger charge is -2.21. The van der Waals surface area contributed by atoms with E-state index in [1.807, 2.05) is 43.3 Å². The predicted octanol–water partition coefficient (Wildman–Crippen LogP) is 5.59. The number of nitrogens with zero attached hydrogens (tertiary/aromatic N) is 5. The van der Waals surface area contributed by atoms with Crippen LogP contribution >= 0.6 is 11.6 Å². The van der Waals surface area contributed by atoms with Crippen molar-refractivity contribution in [2.45, 2.75) is 20.8 Å². The summed E-state index contributed by atoms with van der Waals surface area (Å²) in [6, 6.07) is 18.2. The second-order valence-corrected chi connectivity index (χ2v) is 6.63. The molecule has 0 saturated heterocycles. The molecule has 0 saturated carbocycles. The summed E-state index contributed by atoms with van der Waals surface area (Å²) in [6.45, 7) is 7.88. The molecule has 2 rings (SSSR count). The Hall–Kier alpha value is -3.59. The Morgan fingerprint density at radius 2 is 1.59 bits per heavy atom. The van der Waals surface area contributed by atoms with Crippen molar-refractivity contribution in [3.8, 4) is 18.2 Å². The fourth-order valence-electron chi connectivity index (χ4n) is 2.96. The van der Waals surface area contributed by atoms with Crippen molar-refractivity contribution in [1.82, 2.24) is 0 Å². The summed E-state index contributed by atoms with van der Waals surface area (Å²) in [6.07, 6.45) is 0. The molecule has 0 radical (unpaired) electrons. The van der Waals surface area contributed by atoms with Gasteiger partial charge in [0.2, 0.25) is 0 Å². The first-order valence-corrected chi connectivity index (χ1v) is 9.51. The van der Waals surface area contributed by atoms with E-state index in [-0.39, 0.29) is 16.9 Å². The lowest BCUT2D eigenvalue weighted by Crippen LogP contribution is -2.21. The number of anilines is 1. The number of rotatable bonds is 6. The summed E-state index contributed by atoms with van der Waals surface area (Å²) < 4.78 is 0. The van der Waals surface area contributed by atoms with Crippen molar-refractivity contribution >= 4 is 34.3 Å². The highest BCUT2D eigenvalue weighted by Crippen LogP contribution is 2.28. The average Bonchev–Trinajstić information content (AvgIpc) is 2.73. The average molecular weight is 402 g/mol. The molecule has 2 aromatic carbocycles. The maximum Gasteiger partial charge on any atom is 0.151 e. The SMILES string of the molecule is CCN(CC)c1ccc(/N=C(\C#N)C(=C(C#N)C#N)c2ccc(Cl)cc2)c(C)c1. The second-order valence-electron chi connectivity index (χ2n) is 6.20. The minimum absolute atomic E-state index is 0.00381. The molecule has 0 aromatic heterocycles. The molecule has 5 nitrogen and oxygen atoms in total. The topological polar surface area (TPSA) is 87.0 Å². The van der Waals surface area contributed by atoms with Crippen LogP contribution < -0.4 is 4.90 Å².